The van der Waals surface area contributed by atoms with E-state index in [4.69, 9.17) is 15.3 Å². The quantitative estimate of drug-likeness (QED) is 0.676. The molecule has 0 saturated carbocycles. The maximum Gasteiger partial charge on any atom is 0.237 e. The normalized spacial score (nSPS) is 9.23. The average molecular weight is 290 g/mol. The summed E-state index contributed by atoms with van der Waals surface area (Å²) in [5.74, 6) is 0.747. The molecule has 0 radical (unpaired) electrons. The molecule has 1 N–H and O–H groups in total. The minimum atomic E-state index is -0.219. The highest BCUT2D eigenvalue weighted by Gasteiger charge is 2.02. The number of nitrogens with one attached hydrogen (secondary N) is 1. The number of anilines is 1. The fraction of sp³-hybridized carbons (Fsp3) is 0.118. The van der Waals surface area contributed by atoms with Crippen molar-refractivity contribution in [2.24, 2.45) is 5.10 Å². The average Bonchev–Trinajstić information content (AvgIpc) is 2.56. The summed E-state index contributed by atoms with van der Waals surface area (Å²) in [6.07, 6.45) is 0. The van der Waals surface area contributed by atoms with Gasteiger partial charge in [-0.25, -0.2) is 0 Å². The highest BCUT2D eigenvalue weighted by Crippen LogP contribution is 2.22. The molecule has 22 heavy (non-hydrogen) atoms. The third-order valence-corrected chi connectivity index (χ3v) is 2.95. The van der Waals surface area contributed by atoms with Crippen molar-refractivity contribution in [1.82, 2.24) is 0 Å². The summed E-state index contributed by atoms with van der Waals surface area (Å²) in [6, 6.07) is 18.8. The molecule has 0 aliphatic heterocycles. The zero-order valence-corrected chi connectivity index (χ0v) is 12.1. The number of ether oxygens (including phenoxy) is 1. The smallest absolute Gasteiger partial charge is 0.237 e. The first kappa shape index (κ1) is 15.1. The van der Waals surface area contributed by atoms with Gasteiger partial charge in [-0.2, -0.15) is 15.6 Å². The summed E-state index contributed by atoms with van der Waals surface area (Å²) in [6.45, 7) is 2.39. The van der Waals surface area contributed by atoms with Gasteiger partial charge in [-0.15, -0.1) is 0 Å². The highest BCUT2D eigenvalue weighted by molar-refractivity contribution is 6.10. The molecule has 0 spiro atoms. The molecule has 0 heterocycles. The second kappa shape index (κ2) is 7.47. The molecular formula is C17H14N4O. The molecule has 0 aliphatic carbocycles. The number of nitrogens with zero attached hydrogens (tertiary/aromatic N) is 3. The number of rotatable bonds is 5. The van der Waals surface area contributed by atoms with Crippen LogP contribution in [0.15, 0.2) is 53.6 Å². The molecule has 5 nitrogen and oxygen atoms in total. The molecule has 0 saturated heterocycles. The summed E-state index contributed by atoms with van der Waals surface area (Å²) in [5.41, 5.74) is 5.21. The van der Waals surface area contributed by atoms with Crippen molar-refractivity contribution in [2.45, 2.75) is 13.5 Å². The Bertz CT molecular complexity index is 738. The first-order valence-corrected chi connectivity index (χ1v) is 6.64. The topological polar surface area (TPSA) is 81.2 Å². The largest absolute Gasteiger partial charge is 0.489 e. The van der Waals surface area contributed by atoms with Crippen molar-refractivity contribution >= 4 is 11.4 Å². The van der Waals surface area contributed by atoms with Crippen molar-refractivity contribution in [3.63, 3.8) is 0 Å². The molecule has 2 rings (SSSR count). The molecule has 108 valence electrons. The van der Waals surface area contributed by atoms with E-state index >= 15 is 0 Å². The van der Waals surface area contributed by atoms with Gasteiger partial charge < -0.3 is 4.74 Å². The molecule has 0 amide bonds. The molecule has 0 atom stereocenters. The van der Waals surface area contributed by atoms with Crippen LogP contribution in [-0.4, -0.2) is 5.71 Å². The van der Waals surface area contributed by atoms with Gasteiger partial charge in [0.25, 0.3) is 0 Å². The third kappa shape index (κ3) is 4.09. The SMILES string of the molecule is Cc1cc(OCc2ccccc2)ccc1NN=C(C#N)C#N. The van der Waals surface area contributed by atoms with E-state index in [0.717, 1.165) is 22.6 Å². The Balaban J connectivity index is 2.02. The van der Waals surface area contributed by atoms with Gasteiger partial charge in [0.15, 0.2) is 0 Å². The van der Waals surface area contributed by atoms with E-state index in [1.54, 1.807) is 18.2 Å². The van der Waals surface area contributed by atoms with E-state index in [9.17, 15) is 0 Å². The second-order valence-corrected chi connectivity index (χ2v) is 4.55. The van der Waals surface area contributed by atoms with Gasteiger partial charge in [-0.3, -0.25) is 5.43 Å². The van der Waals surface area contributed by atoms with E-state index in [-0.39, 0.29) is 5.71 Å². The minimum Gasteiger partial charge on any atom is -0.489 e. The van der Waals surface area contributed by atoms with Crippen LogP contribution in [0.1, 0.15) is 11.1 Å². The van der Waals surface area contributed by atoms with Gasteiger partial charge in [0.2, 0.25) is 5.71 Å². The Labute approximate surface area is 129 Å². The van der Waals surface area contributed by atoms with Crippen molar-refractivity contribution < 1.29 is 4.74 Å². The molecule has 0 bridgehead atoms. The number of aryl methyl sites for hydroxylation is 1. The number of hydrogen-bond acceptors (Lipinski definition) is 5. The van der Waals surface area contributed by atoms with Crippen molar-refractivity contribution in [3.8, 4) is 17.9 Å². The lowest BCUT2D eigenvalue weighted by atomic mass is 10.2. The molecule has 0 aromatic heterocycles. The summed E-state index contributed by atoms with van der Waals surface area (Å²) in [7, 11) is 0. The molecule has 2 aromatic carbocycles. The van der Waals surface area contributed by atoms with E-state index in [0.29, 0.717) is 6.61 Å². The summed E-state index contributed by atoms with van der Waals surface area (Å²) in [4.78, 5) is 0. The first-order chi connectivity index (χ1) is 10.7. The fourth-order valence-electron chi connectivity index (χ4n) is 1.78. The fourth-order valence-corrected chi connectivity index (χ4v) is 1.78. The van der Waals surface area contributed by atoms with Crippen LogP contribution in [0, 0.1) is 29.6 Å². The van der Waals surface area contributed by atoms with E-state index < -0.39 is 0 Å². The minimum absolute atomic E-state index is 0.219. The molecule has 2 aromatic rings. The van der Waals surface area contributed by atoms with E-state index in [1.165, 1.54) is 0 Å². The maximum absolute atomic E-state index is 8.63. The van der Waals surface area contributed by atoms with Gasteiger partial charge in [0.1, 0.15) is 24.5 Å². The summed E-state index contributed by atoms with van der Waals surface area (Å²) in [5, 5.41) is 21.0. The number of hydrazone groups is 1. The van der Waals surface area contributed by atoms with Crippen molar-refractivity contribution in [2.75, 3.05) is 5.43 Å². The number of nitriles is 2. The molecule has 5 heteroatoms. The molecule has 0 aliphatic rings. The lowest BCUT2D eigenvalue weighted by Gasteiger charge is -2.10. The molecule has 0 fully saturated rings. The van der Waals surface area contributed by atoms with Gasteiger partial charge in [-0.05, 0) is 36.2 Å². The summed E-state index contributed by atoms with van der Waals surface area (Å²) < 4.78 is 5.73. The Kier molecular flexibility index (Phi) is 5.12. The predicted molar refractivity (Wildman–Crippen MR) is 84.2 cm³/mol. The predicted octanol–water partition coefficient (Wildman–Crippen LogP) is 3.39. The Morgan fingerprint density at radius 3 is 2.50 bits per heavy atom. The molecule has 0 unspecified atom stereocenters. The Hall–Kier alpha value is -3.31. The van der Waals surface area contributed by atoms with Gasteiger partial charge >= 0.3 is 0 Å². The van der Waals surface area contributed by atoms with Crippen molar-refractivity contribution in [3.05, 3.63) is 59.7 Å². The van der Waals surface area contributed by atoms with Crippen LogP contribution in [0.3, 0.4) is 0 Å². The molecular weight excluding hydrogens is 276 g/mol. The van der Waals surface area contributed by atoms with Crippen LogP contribution >= 0.6 is 0 Å². The lowest BCUT2D eigenvalue weighted by molar-refractivity contribution is 0.306. The standard InChI is InChI=1S/C17H14N4O/c1-13-9-16(22-12-14-5-3-2-4-6-14)7-8-17(13)21-20-15(10-18)11-19/h2-9,21H,12H2,1H3. The first-order valence-electron chi connectivity index (χ1n) is 6.64. The zero-order chi connectivity index (χ0) is 15.8. The number of benzene rings is 2. The third-order valence-electron chi connectivity index (χ3n) is 2.95. The Morgan fingerprint density at radius 2 is 1.86 bits per heavy atom. The lowest BCUT2D eigenvalue weighted by Crippen LogP contribution is -1.99. The van der Waals surface area contributed by atoms with Crippen LogP contribution < -0.4 is 10.2 Å². The van der Waals surface area contributed by atoms with Crippen LogP contribution in [0.4, 0.5) is 5.69 Å². The van der Waals surface area contributed by atoms with Crippen LogP contribution in [0.2, 0.25) is 0 Å². The van der Waals surface area contributed by atoms with Crippen LogP contribution in [0.5, 0.6) is 5.75 Å². The van der Waals surface area contributed by atoms with Crippen molar-refractivity contribution in [1.29, 1.82) is 10.5 Å². The van der Waals surface area contributed by atoms with Gasteiger partial charge in [0, 0.05) is 0 Å². The van der Waals surface area contributed by atoms with Crippen LogP contribution in [0.25, 0.3) is 0 Å². The zero-order valence-electron chi connectivity index (χ0n) is 12.1. The summed E-state index contributed by atoms with van der Waals surface area (Å²) >= 11 is 0. The van der Waals surface area contributed by atoms with E-state index in [2.05, 4.69) is 10.5 Å². The van der Waals surface area contributed by atoms with Gasteiger partial charge in [0.05, 0.1) is 5.69 Å². The monoisotopic (exact) mass is 290 g/mol. The van der Waals surface area contributed by atoms with E-state index in [1.807, 2.05) is 49.4 Å². The maximum atomic E-state index is 8.63. The number of hydrogen-bond donors (Lipinski definition) is 1. The van der Waals surface area contributed by atoms with Crippen LogP contribution in [-0.2, 0) is 6.61 Å². The second-order valence-electron chi connectivity index (χ2n) is 4.55. The Morgan fingerprint density at radius 1 is 1.14 bits per heavy atom. The van der Waals surface area contributed by atoms with Gasteiger partial charge in [-0.1, -0.05) is 30.3 Å². The highest BCUT2D eigenvalue weighted by atomic mass is 16.5.